The summed E-state index contributed by atoms with van der Waals surface area (Å²) in [6.07, 6.45) is 6.38. The number of hydrogen-bond donors (Lipinski definition) is 1. The molecule has 4 nitrogen and oxygen atoms in total. The molecule has 1 fully saturated rings. The van der Waals surface area contributed by atoms with E-state index < -0.39 is 0 Å². The van der Waals surface area contributed by atoms with Crippen LogP contribution in [0.25, 0.3) is 0 Å². The van der Waals surface area contributed by atoms with Gasteiger partial charge >= 0.3 is 0 Å². The molecule has 0 aromatic carbocycles. The van der Waals surface area contributed by atoms with Crippen LogP contribution >= 0.6 is 28.1 Å². The molecule has 1 heterocycles. The molecular weight excluding hydrogens is 328 g/mol. The maximum absolute atomic E-state index is 12.0. The zero-order chi connectivity index (χ0) is 14.3. The minimum Gasteiger partial charge on any atom is -0.302 e. The van der Waals surface area contributed by atoms with E-state index in [4.69, 9.17) is 12.2 Å². The molecule has 0 aromatic rings. The van der Waals surface area contributed by atoms with Gasteiger partial charge in [-0.2, -0.15) is 0 Å². The second kappa shape index (κ2) is 8.64. The number of carbonyl (C=O) groups excluding carboxylic acids is 2. The Morgan fingerprint density at radius 2 is 2.05 bits per heavy atom. The monoisotopic (exact) mass is 348 g/mol. The lowest BCUT2D eigenvalue weighted by Crippen LogP contribution is -2.56. The highest BCUT2D eigenvalue weighted by molar-refractivity contribution is 9.09. The fourth-order valence-electron chi connectivity index (χ4n) is 2.26. The predicted octanol–water partition coefficient (Wildman–Crippen LogP) is 2.74. The quantitative estimate of drug-likeness (QED) is 0.317. The number of rotatable bonds is 8. The standard InChI is InChI=1S/C13H21BrN2O2S/c1-2-3-4-5-6-10(7-8-14)16-12(18)9-11(17)15-13(16)19/h10H,2-9H2,1H3,(H,15,17,19). The summed E-state index contributed by atoms with van der Waals surface area (Å²) in [6, 6.07) is 0.0943. The number of nitrogens with one attached hydrogen (secondary N) is 1. The third-order valence-corrected chi connectivity index (χ3v) is 4.00. The zero-order valence-corrected chi connectivity index (χ0v) is 13.7. The van der Waals surface area contributed by atoms with Crippen LogP contribution in [0, 0.1) is 0 Å². The number of carbonyl (C=O) groups is 2. The van der Waals surface area contributed by atoms with Gasteiger partial charge < -0.3 is 5.32 Å². The highest BCUT2D eigenvalue weighted by atomic mass is 79.9. The first-order chi connectivity index (χ1) is 9.10. The van der Waals surface area contributed by atoms with Crippen LogP contribution in [0.3, 0.4) is 0 Å². The van der Waals surface area contributed by atoms with Gasteiger partial charge in [-0.3, -0.25) is 14.5 Å². The van der Waals surface area contributed by atoms with Gasteiger partial charge in [0.05, 0.1) is 0 Å². The number of alkyl halides is 1. The molecule has 0 saturated carbocycles. The molecule has 1 saturated heterocycles. The Balaban J connectivity index is 2.60. The maximum atomic E-state index is 12.0. The van der Waals surface area contributed by atoms with E-state index in [9.17, 15) is 9.59 Å². The van der Waals surface area contributed by atoms with Gasteiger partial charge in [-0.1, -0.05) is 48.5 Å². The Morgan fingerprint density at radius 1 is 1.32 bits per heavy atom. The van der Waals surface area contributed by atoms with E-state index in [-0.39, 0.29) is 29.4 Å². The molecule has 0 aliphatic carbocycles. The van der Waals surface area contributed by atoms with Crippen LogP contribution in [0.2, 0.25) is 0 Å². The Labute approximate surface area is 128 Å². The smallest absolute Gasteiger partial charge is 0.238 e. The van der Waals surface area contributed by atoms with Gasteiger partial charge in [-0.05, 0) is 25.1 Å². The van der Waals surface area contributed by atoms with Crippen LogP contribution in [-0.4, -0.2) is 33.2 Å². The first-order valence-electron chi connectivity index (χ1n) is 6.82. The van der Waals surface area contributed by atoms with E-state index >= 15 is 0 Å². The summed E-state index contributed by atoms with van der Waals surface area (Å²) in [5.41, 5.74) is 0. The van der Waals surface area contributed by atoms with Crippen molar-refractivity contribution in [3.63, 3.8) is 0 Å². The molecule has 1 aliphatic rings. The van der Waals surface area contributed by atoms with Crippen molar-refractivity contribution in [3.05, 3.63) is 0 Å². The van der Waals surface area contributed by atoms with Gasteiger partial charge in [-0.15, -0.1) is 0 Å². The van der Waals surface area contributed by atoms with Crippen molar-refractivity contribution in [2.24, 2.45) is 0 Å². The Hall–Kier alpha value is -0.490. The lowest BCUT2D eigenvalue weighted by molar-refractivity contribution is -0.136. The summed E-state index contributed by atoms with van der Waals surface area (Å²) in [6.45, 7) is 2.18. The van der Waals surface area contributed by atoms with Crippen molar-refractivity contribution in [3.8, 4) is 0 Å². The van der Waals surface area contributed by atoms with Crippen LogP contribution in [0.1, 0.15) is 51.9 Å². The van der Waals surface area contributed by atoms with Gasteiger partial charge in [0.2, 0.25) is 11.8 Å². The SMILES string of the molecule is CCCCCCC(CCBr)N1C(=O)CC(=O)NC1=S. The molecule has 0 bridgehead atoms. The summed E-state index contributed by atoms with van der Waals surface area (Å²) in [4.78, 5) is 24.8. The lowest BCUT2D eigenvalue weighted by Gasteiger charge is -2.34. The van der Waals surface area contributed by atoms with Crippen molar-refractivity contribution in [2.75, 3.05) is 5.33 Å². The largest absolute Gasteiger partial charge is 0.302 e. The minimum absolute atomic E-state index is 0.0894. The molecule has 2 amide bonds. The number of halogens is 1. The van der Waals surface area contributed by atoms with Gasteiger partial charge in [0.1, 0.15) is 6.42 Å². The van der Waals surface area contributed by atoms with Crippen molar-refractivity contribution >= 4 is 45.1 Å². The first kappa shape index (κ1) is 16.6. The first-order valence-corrected chi connectivity index (χ1v) is 8.35. The van der Waals surface area contributed by atoms with Crippen molar-refractivity contribution < 1.29 is 9.59 Å². The summed E-state index contributed by atoms with van der Waals surface area (Å²) in [5.74, 6) is -0.468. The number of nitrogens with zero attached hydrogens (tertiary/aromatic N) is 1. The fourth-order valence-corrected chi connectivity index (χ4v) is 3.16. The predicted molar refractivity (Wildman–Crippen MR) is 83.2 cm³/mol. The zero-order valence-electron chi connectivity index (χ0n) is 11.3. The lowest BCUT2D eigenvalue weighted by atomic mass is 10.0. The van der Waals surface area contributed by atoms with E-state index in [1.165, 1.54) is 19.3 Å². The molecule has 1 atom stereocenters. The maximum Gasteiger partial charge on any atom is 0.238 e. The van der Waals surface area contributed by atoms with Crippen LogP contribution in [0.4, 0.5) is 0 Å². The fraction of sp³-hybridized carbons (Fsp3) is 0.769. The average Bonchev–Trinajstić information content (AvgIpc) is 2.33. The minimum atomic E-state index is -0.296. The second-order valence-electron chi connectivity index (χ2n) is 4.77. The van der Waals surface area contributed by atoms with Gasteiger partial charge in [0, 0.05) is 11.4 Å². The van der Waals surface area contributed by atoms with Crippen LogP contribution < -0.4 is 5.32 Å². The van der Waals surface area contributed by atoms with Crippen molar-refractivity contribution in [2.45, 2.75) is 57.9 Å². The van der Waals surface area contributed by atoms with Gasteiger partial charge in [0.15, 0.2) is 5.11 Å². The van der Waals surface area contributed by atoms with Crippen LogP contribution in [0.5, 0.6) is 0 Å². The molecule has 0 aromatic heterocycles. The third kappa shape index (κ3) is 5.18. The van der Waals surface area contributed by atoms with E-state index in [2.05, 4.69) is 28.2 Å². The number of hydrogen-bond acceptors (Lipinski definition) is 3. The van der Waals surface area contributed by atoms with E-state index in [1.54, 1.807) is 4.90 Å². The van der Waals surface area contributed by atoms with Crippen molar-refractivity contribution in [1.82, 2.24) is 10.2 Å². The topological polar surface area (TPSA) is 49.4 Å². The Morgan fingerprint density at radius 3 is 2.63 bits per heavy atom. The molecule has 0 spiro atoms. The molecular formula is C13H21BrN2O2S. The van der Waals surface area contributed by atoms with Crippen LogP contribution in [0.15, 0.2) is 0 Å². The van der Waals surface area contributed by atoms with E-state index in [0.29, 0.717) is 0 Å². The third-order valence-electron chi connectivity index (χ3n) is 3.24. The molecule has 1 unspecified atom stereocenters. The number of thiocarbonyl (C=S) groups is 1. The van der Waals surface area contributed by atoms with E-state index in [1.807, 2.05) is 0 Å². The highest BCUT2D eigenvalue weighted by Crippen LogP contribution is 2.18. The normalized spacial score (nSPS) is 17.6. The van der Waals surface area contributed by atoms with Crippen molar-refractivity contribution in [1.29, 1.82) is 0 Å². The molecule has 1 N–H and O–H groups in total. The highest BCUT2D eigenvalue weighted by Gasteiger charge is 2.32. The van der Waals surface area contributed by atoms with E-state index in [0.717, 1.165) is 24.6 Å². The molecule has 6 heteroatoms. The number of unbranched alkanes of at least 4 members (excludes halogenated alkanes) is 3. The summed E-state index contributed by atoms with van der Waals surface area (Å²) in [5, 5.41) is 3.67. The average molecular weight is 349 g/mol. The molecule has 0 radical (unpaired) electrons. The van der Waals surface area contributed by atoms with Gasteiger partial charge in [-0.25, -0.2) is 0 Å². The van der Waals surface area contributed by atoms with Gasteiger partial charge in [0.25, 0.3) is 0 Å². The summed E-state index contributed by atoms with van der Waals surface area (Å²) < 4.78 is 0. The van der Waals surface area contributed by atoms with Crippen LogP contribution in [-0.2, 0) is 9.59 Å². The summed E-state index contributed by atoms with van der Waals surface area (Å²) in [7, 11) is 0. The molecule has 1 rings (SSSR count). The molecule has 108 valence electrons. The summed E-state index contributed by atoms with van der Waals surface area (Å²) >= 11 is 8.55. The Bertz CT molecular complexity index is 330. The Kier molecular flexibility index (Phi) is 7.53. The second-order valence-corrected chi connectivity index (χ2v) is 5.95. The molecule has 19 heavy (non-hydrogen) atoms. The molecule has 1 aliphatic heterocycles. The number of amides is 2.